The molecule has 1 amide bonds. The third-order valence-electron chi connectivity index (χ3n) is 3.47. The number of aromatic carboxylic acids is 1. The van der Waals surface area contributed by atoms with Crippen molar-refractivity contribution in [2.45, 2.75) is 26.4 Å². The first kappa shape index (κ1) is 20.9. The Kier molecular flexibility index (Phi) is 6.40. The van der Waals surface area contributed by atoms with Gasteiger partial charge in [0.15, 0.2) is 0 Å². The third-order valence-corrected chi connectivity index (χ3v) is 3.47. The number of carboxylic acids is 1. The van der Waals surface area contributed by atoms with Crippen LogP contribution in [0.5, 0.6) is 0 Å². The van der Waals surface area contributed by atoms with Crippen molar-refractivity contribution in [1.29, 1.82) is 0 Å². The standard InChI is InChI=1S/C19H22FN3O5/c1-19(2,3)28-18(27)22-9-8-21-13-10-15(17(25)26)16(24)23(11-13)14-6-4-12(20)5-7-14/h4-7,10-11,21H,8-9H2,1-3H3,(H,22,27)(H,25,26). The topological polar surface area (TPSA) is 110 Å². The molecule has 9 heteroatoms. The Labute approximate surface area is 160 Å². The number of alkyl carbamates (subject to hydrolysis) is 1. The molecule has 2 rings (SSSR count). The van der Waals surface area contributed by atoms with Crippen molar-refractivity contribution in [3.63, 3.8) is 0 Å². The Morgan fingerprint density at radius 3 is 2.39 bits per heavy atom. The van der Waals surface area contributed by atoms with E-state index in [1.165, 1.54) is 36.5 Å². The average molecular weight is 391 g/mol. The molecule has 8 nitrogen and oxygen atoms in total. The quantitative estimate of drug-likeness (QED) is 0.653. The van der Waals surface area contributed by atoms with Crippen LogP contribution in [0.3, 0.4) is 0 Å². The van der Waals surface area contributed by atoms with Gasteiger partial charge in [0, 0.05) is 25.0 Å². The molecule has 0 unspecified atom stereocenters. The van der Waals surface area contributed by atoms with Gasteiger partial charge < -0.3 is 20.5 Å². The number of nitrogens with zero attached hydrogens (tertiary/aromatic N) is 1. The zero-order valence-electron chi connectivity index (χ0n) is 15.8. The van der Waals surface area contributed by atoms with Gasteiger partial charge in [0.1, 0.15) is 17.0 Å². The second-order valence-electron chi connectivity index (χ2n) is 6.95. The number of rotatable bonds is 6. The normalized spacial score (nSPS) is 11.0. The van der Waals surface area contributed by atoms with Gasteiger partial charge in [0.2, 0.25) is 0 Å². The number of hydrogen-bond acceptors (Lipinski definition) is 5. The number of carbonyl (C=O) groups excluding carboxylic acids is 1. The highest BCUT2D eigenvalue weighted by Gasteiger charge is 2.16. The van der Waals surface area contributed by atoms with Crippen molar-refractivity contribution in [2.75, 3.05) is 18.4 Å². The molecule has 2 aromatic rings. The summed E-state index contributed by atoms with van der Waals surface area (Å²) < 4.78 is 19.4. The van der Waals surface area contributed by atoms with Crippen LogP contribution in [-0.2, 0) is 4.74 Å². The van der Waals surface area contributed by atoms with E-state index in [0.717, 1.165) is 4.57 Å². The first-order valence-electron chi connectivity index (χ1n) is 8.53. The second kappa shape index (κ2) is 8.55. The van der Waals surface area contributed by atoms with Crippen LogP contribution in [0.15, 0.2) is 41.3 Å². The number of anilines is 1. The van der Waals surface area contributed by atoms with Crippen LogP contribution in [-0.4, -0.2) is 40.4 Å². The number of amides is 1. The number of carbonyl (C=O) groups is 2. The molecule has 1 aromatic heterocycles. The Hall–Kier alpha value is -3.36. The minimum Gasteiger partial charge on any atom is -0.477 e. The summed E-state index contributed by atoms with van der Waals surface area (Å²) in [5.74, 6) is -1.85. The van der Waals surface area contributed by atoms with Gasteiger partial charge >= 0.3 is 12.1 Å². The number of benzene rings is 1. The van der Waals surface area contributed by atoms with Crippen LogP contribution in [0.25, 0.3) is 5.69 Å². The number of hydrogen-bond donors (Lipinski definition) is 3. The summed E-state index contributed by atoms with van der Waals surface area (Å²) in [5, 5.41) is 14.8. The highest BCUT2D eigenvalue weighted by molar-refractivity contribution is 5.88. The minimum atomic E-state index is -1.38. The molecule has 28 heavy (non-hydrogen) atoms. The van der Waals surface area contributed by atoms with E-state index in [1.807, 2.05) is 0 Å². The second-order valence-corrected chi connectivity index (χ2v) is 6.95. The van der Waals surface area contributed by atoms with Crippen LogP contribution in [0.1, 0.15) is 31.1 Å². The smallest absolute Gasteiger partial charge is 0.407 e. The van der Waals surface area contributed by atoms with Gasteiger partial charge in [0.05, 0.1) is 5.69 Å². The SMILES string of the molecule is CC(C)(C)OC(=O)NCCNc1cc(C(=O)O)c(=O)n(-c2ccc(F)cc2)c1. The van der Waals surface area contributed by atoms with Gasteiger partial charge in [-0.3, -0.25) is 9.36 Å². The molecule has 3 N–H and O–H groups in total. The number of ether oxygens (including phenoxy) is 1. The maximum absolute atomic E-state index is 13.1. The summed E-state index contributed by atoms with van der Waals surface area (Å²) in [7, 11) is 0. The van der Waals surface area contributed by atoms with E-state index in [9.17, 15) is 23.9 Å². The summed E-state index contributed by atoms with van der Waals surface area (Å²) >= 11 is 0. The Morgan fingerprint density at radius 1 is 1.18 bits per heavy atom. The monoisotopic (exact) mass is 391 g/mol. The van der Waals surface area contributed by atoms with E-state index in [1.54, 1.807) is 20.8 Å². The van der Waals surface area contributed by atoms with E-state index < -0.39 is 34.6 Å². The van der Waals surface area contributed by atoms with Crippen LogP contribution >= 0.6 is 0 Å². The lowest BCUT2D eigenvalue weighted by Gasteiger charge is -2.19. The molecular weight excluding hydrogens is 369 g/mol. The number of halogens is 1. The van der Waals surface area contributed by atoms with Crippen molar-refractivity contribution in [3.05, 3.63) is 58.3 Å². The molecule has 0 aliphatic heterocycles. The first-order chi connectivity index (χ1) is 13.1. The largest absolute Gasteiger partial charge is 0.477 e. The van der Waals surface area contributed by atoms with E-state index in [-0.39, 0.29) is 13.1 Å². The molecule has 0 atom stereocenters. The van der Waals surface area contributed by atoms with Gasteiger partial charge in [-0.05, 0) is 51.1 Å². The third kappa shape index (κ3) is 5.83. The Morgan fingerprint density at radius 2 is 1.82 bits per heavy atom. The van der Waals surface area contributed by atoms with E-state index in [0.29, 0.717) is 11.4 Å². The van der Waals surface area contributed by atoms with Gasteiger partial charge in [-0.25, -0.2) is 14.0 Å². The fourth-order valence-electron chi connectivity index (χ4n) is 2.31. The number of nitrogens with one attached hydrogen (secondary N) is 2. The summed E-state index contributed by atoms with van der Waals surface area (Å²) in [5.41, 5.74) is -1.11. The summed E-state index contributed by atoms with van der Waals surface area (Å²) in [4.78, 5) is 35.4. The van der Waals surface area contributed by atoms with Crippen molar-refractivity contribution < 1.29 is 23.8 Å². The van der Waals surface area contributed by atoms with Gasteiger partial charge in [-0.15, -0.1) is 0 Å². The maximum Gasteiger partial charge on any atom is 0.407 e. The first-order valence-corrected chi connectivity index (χ1v) is 8.53. The summed E-state index contributed by atoms with van der Waals surface area (Å²) in [6, 6.07) is 6.30. The Balaban J connectivity index is 2.14. The fraction of sp³-hybridized carbons (Fsp3) is 0.316. The number of aromatic nitrogens is 1. The van der Waals surface area contributed by atoms with Crippen molar-refractivity contribution in [1.82, 2.24) is 9.88 Å². The molecule has 1 aromatic carbocycles. The van der Waals surface area contributed by atoms with Crippen LogP contribution in [0.2, 0.25) is 0 Å². The highest BCUT2D eigenvalue weighted by atomic mass is 19.1. The lowest BCUT2D eigenvalue weighted by atomic mass is 10.2. The Bertz CT molecular complexity index is 917. The predicted molar refractivity (Wildman–Crippen MR) is 102 cm³/mol. The molecule has 0 saturated heterocycles. The highest BCUT2D eigenvalue weighted by Crippen LogP contribution is 2.13. The predicted octanol–water partition coefficient (Wildman–Crippen LogP) is 2.61. The number of carboxylic acid groups (broad SMARTS) is 1. The van der Waals surface area contributed by atoms with Gasteiger partial charge in [-0.1, -0.05) is 0 Å². The zero-order valence-corrected chi connectivity index (χ0v) is 15.8. The molecule has 0 aliphatic rings. The molecule has 0 bridgehead atoms. The molecule has 0 fully saturated rings. The van der Waals surface area contributed by atoms with E-state index in [2.05, 4.69) is 10.6 Å². The van der Waals surface area contributed by atoms with Gasteiger partial charge in [0.25, 0.3) is 5.56 Å². The maximum atomic E-state index is 13.1. The number of pyridine rings is 1. The molecule has 0 aliphatic carbocycles. The molecule has 1 heterocycles. The minimum absolute atomic E-state index is 0.215. The molecular formula is C19H22FN3O5. The zero-order chi connectivity index (χ0) is 20.9. The molecule has 0 spiro atoms. The van der Waals surface area contributed by atoms with Crippen molar-refractivity contribution >= 4 is 17.7 Å². The average Bonchev–Trinajstić information content (AvgIpc) is 2.59. The van der Waals surface area contributed by atoms with Crippen molar-refractivity contribution in [2.24, 2.45) is 0 Å². The van der Waals surface area contributed by atoms with Gasteiger partial charge in [-0.2, -0.15) is 0 Å². The van der Waals surface area contributed by atoms with Crippen LogP contribution in [0, 0.1) is 5.82 Å². The summed E-state index contributed by atoms with van der Waals surface area (Å²) in [6.07, 6.45) is 0.840. The molecule has 0 saturated carbocycles. The van der Waals surface area contributed by atoms with Crippen LogP contribution in [0.4, 0.5) is 14.9 Å². The lowest BCUT2D eigenvalue weighted by molar-refractivity contribution is 0.0529. The van der Waals surface area contributed by atoms with E-state index in [4.69, 9.17) is 4.74 Å². The van der Waals surface area contributed by atoms with Crippen LogP contribution < -0.4 is 16.2 Å². The molecule has 0 radical (unpaired) electrons. The summed E-state index contributed by atoms with van der Waals surface area (Å²) in [6.45, 7) is 5.72. The van der Waals surface area contributed by atoms with E-state index >= 15 is 0 Å². The van der Waals surface area contributed by atoms with Crippen molar-refractivity contribution in [3.8, 4) is 5.69 Å². The lowest BCUT2D eigenvalue weighted by Crippen LogP contribution is -2.35. The molecule has 150 valence electrons. The fourth-order valence-corrected chi connectivity index (χ4v) is 2.31.